The first-order chi connectivity index (χ1) is 11.5. The molecule has 1 aromatic rings. The number of primary amides is 1. The van der Waals surface area contributed by atoms with Crippen molar-refractivity contribution in [3.05, 3.63) is 42.0 Å². The summed E-state index contributed by atoms with van der Waals surface area (Å²) in [4.78, 5) is 24.5. The van der Waals surface area contributed by atoms with Crippen LogP contribution in [0.25, 0.3) is 0 Å². The highest BCUT2D eigenvalue weighted by Crippen LogP contribution is 2.70. The van der Waals surface area contributed by atoms with E-state index < -0.39 is 11.9 Å². The zero-order valence-electron chi connectivity index (χ0n) is 13.4. The van der Waals surface area contributed by atoms with Crippen molar-refractivity contribution in [2.24, 2.45) is 28.9 Å². The first-order valence-corrected chi connectivity index (χ1v) is 8.55. The Morgan fingerprint density at radius 1 is 1.33 bits per heavy atom. The summed E-state index contributed by atoms with van der Waals surface area (Å²) < 4.78 is 0. The molecule has 0 heterocycles. The Hall–Kier alpha value is -2.30. The number of phenolic OH excluding ortho intramolecular Hbond substituents is 1. The molecule has 4 rings (SSSR count). The number of nitrogens with one attached hydrogen (secondary N) is 1. The van der Waals surface area contributed by atoms with Crippen LogP contribution in [0.3, 0.4) is 0 Å². The quantitative estimate of drug-likeness (QED) is 0.716. The Bertz CT molecular complexity index is 723. The van der Waals surface area contributed by atoms with Crippen LogP contribution in [0.4, 0.5) is 0 Å². The molecule has 0 saturated heterocycles. The van der Waals surface area contributed by atoms with Gasteiger partial charge in [0.15, 0.2) is 0 Å². The second-order valence-electron chi connectivity index (χ2n) is 7.43. The van der Waals surface area contributed by atoms with Crippen LogP contribution in [0.1, 0.15) is 24.8 Å². The van der Waals surface area contributed by atoms with E-state index in [0.29, 0.717) is 17.3 Å². The van der Waals surface area contributed by atoms with Gasteiger partial charge < -0.3 is 16.2 Å². The fourth-order valence-electron chi connectivity index (χ4n) is 4.69. The maximum atomic E-state index is 12.7. The Kier molecular flexibility index (Phi) is 3.41. The summed E-state index contributed by atoms with van der Waals surface area (Å²) in [7, 11) is 0. The van der Waals surface area contributed by atoms with E-state index in [1.54, 1.807) is 24.3 Å². The smallest absolute Gasteiger partial charge is 0.240 e. The fraction of sp³-hybridized carbons (Fsp3) is 0.474. The van der Waals surface area contributed by atoms with Crippen LogP contribution in [0.15, 0.2) is 36.4 Å². The molecule has 4 unspecified atom stereocenters. The Morgan fingerprint density at radius 3 is 2.75 bits per heavy atom. The zero-order chi connectivity index (χ0) is 16.9. The third-order valence-electron chi connectivity index (χ3n) is 6.07. The molecule has 3 aliphatic carbocycles. The lowest BCUT2D eigenvalue weighted by Crippen LogP contribution is -2.48. The first-order valence-electron chi connectivity index (χ1n) is 8.55. The Labute approximate surface area is 140 Å². The molecule has 0 aliphatic heterocycles. The molecule has 1 spiro atoms. The number of carbonyl (C=O) groups excluding carboxylic acids is 2. The topological polar surface area (TPSA) is 92.4 Å². The molecule has 2 fully saturated rings. The highest BCUT2D eigenvalue weighted by molar-refractivity contribution is 5.88. The summed E-state index contributed by atoms with van der Waals surface area (Å²) >= 11 is 0. The average molecular weight is 326 g/mol. The summed E-state index contributed by atoms with van der Waals surface area (Å²) in [5.74, 6) is 0.311. The first kappa shape index (κ1) is 15.2. The second kappa shape index (κ2) is 5.36. The number of hydrogen-bond donors (Lipinski definition) is 3. The van der Waals surface area contributed by atoms with Gasteiger partial charge >= 0.3 is 0 Å². The van der Waals surface area contributed by atoms with Crippen molar-refractivity contribution >= 4 is 11.8 Å². The Morgan fingerprint density at radius 2 is 2.12 bits per heavy atom. The van der Waals surface area contributed by atoms with Crippen LogP contribution in [0.5, 0.6) is 5.75 Å². The molecule has 4 atom stereocenters. The van der Waals surface area contributed by atoms with Gasteiger partial charge in [0.25, 0.3) is 0 Å². The number of carbonyl (C=O) groups is 2. The molecule has 4 N–H and O–H groups in total. The van der Waals surface area contributed by atoms with E-state index in [-0.39, 0.29) is 24.0 Å². The van der Waals surface area contributed by atoms with Gasteiger partial charge in [-0.2, -0.15) is 0 Å². The van der Waals surface area contributed by atoms with Gasteiger partial charge in [-0.3, -0.25) is 9.59 Å². The van der Waals surface area contributed by atoms with E-state index in [2.05, 4.69) is 17.5 Å². The van der Waals surface area contributed by atoms with E-state index in [1.165, 1.54) is 12.8 Å². The standard InChI is InChI=1S/C19H22N2O3/c20-17(23)16(9-11-2-1-3-13(22)8-11)21-18(24)14-10-12-4-5-15(14)19(12)6-7-19/h1-5,8,12,14-16,22H,6-7,9-10H2,(H2,20,23)(H,21,24). The van der Waals surface area contributed by atoms with Gasteiger partial charge in [0.2, 0.25) is 11.8 Å². The van der Waals surface area contributed by atoms with Gasteiger partial charge in [0, 0.05) is 12.3 Å². The number of phenols is 1. The van der Waals surface area contributed by atoms with Crippen LogP contribution in [0.2, 0.25) is 0 Å². The minimum atomic E-state index is -0.752. The van der Waals surface area contributed by atoms with Crippen LogP contribution in [-0.2, 0) is 16.0 Å². The monoisotopic (exact) mass is 326 g/mol. The van der Waals surface area contributed by atoms with E-state index in [1.807, 2.05) is 0 Å². The summed E-state index contributed by atoms with van der Waals surface area (Å²) in [6.45, 7) is 0. The summed E-state index contributed by atoms with van der Waals surface area (Å²) in [5, 5.41) is 12.4. The normalized spacial score (nSPS) is 29.6. The van der Waals surface area contributed by atoms with Crippen LogP contribution >= 0.6 is 0 Å². The molecule has 0 aromatic heterocycles. The predicted octanol–water partition coefficient (Wildman–Crippen LogP) is 1.51. The highest BCUT2D eigenvalue weighted by atomic mass is 16.3. The van der Waals surface area contributed by atoms with Crippen molar-refractivity contribution < 1.29 is 14.7 Å². The Balaban J connectivity index is 1.45. The minimum Gasteiger partial charge on any atom is -0.508 e. The lowest BCUT2D eigenvalue weighted by molar-refractivity contribution is -0.130. The van der Waals surface area contributed by atoms with E-state index in [0.717, 1.165) is 12.0 Å². The van der Waals surface area contributed by atoms with Crippen molar-refractivity contribution in [3.8, 4) is 5.75 Å². The van der Waals surface area contributed by atoms with Gasteiger partial charge in [0.1, 0.15) is 11.8 Å². The largest absolute Gasteiger partial charge is 0.508 e. The van der Waals surface area contributed by atoms with E-state index in [9.17, 15) is 14.7 Å². The second-order valence-corrected chi connectivity index (χ2v) is 7.43. The molecular weight excluding hydrogens is 304 g/mol. The molecule has 0 radical (unpaired) electrons. The molecular formula is C19H22N2O3. The zero-order valence-corrected chi connectivity index (χ0v) is 13.4. The molecule has 1 aromatic carbocycles. The van der Waals surface area contributed by atoms with Gasteiger partial charge in [-0.15, -0.1) is 0 Å². The molecule has 2 amide bonds. The molecule has 126 valence electrons. The van der Waals surface area contributed by atoms with E-state index >= 15 is 0 Å². The number of allylic oxidation sites excluding steroid dienone is 2. The van der Waals surface area contributed by atoms with Crippen LogP contribution < -0.4 is 11.1 Å². The highest BCUT2D eigenvalue weighted by Gasteiger charge is 2.64. The number of rotatable bonds is 5. The third kappa shape index (κ3) is 2.39. The van der Waals surface area contributed by atoms with Crippen LogP contribution in [0, 0.1) is 23.2 Å². The van der Waals surface area contributed by atoms with Gasteiger partial charge in [-0.05, 0) is 54.2 Å². The van der Waals surface area contributed by atoms with Crippen molar-refractivity contribution in [1.82, 2.24) is 5.32 Å². The number of amides is 2. The molecule has 2 bridgehead atoms. The van der Waals surface area contributed by atoms with Crippen molar-refractivity contribution in [2.45, 2.75) is 31.7 Å². The fourth-order valence-corrected chi connectivity index (χ4v) is 4.69. The number of hydrogen-bond acceptors (Lipinski definition) is 3. The van der Waals surface area contributed by atoms with Crippen molar-refractivity contribution in [2.75, 3.05) is 0 Å². The molecule has 5 heteroatoms. The van der Waals surface area contributed by atoms with E-state index in [4.69, 9.17) is 5.73 Å². The molecule has 2 saturated carbocycles. The van der Waals surface area contributed by atoms with Gasteiger partial charge in [-0.1, -0.05) is 24.3 Å². The lowest BCUT2D eigenvalue weighted by Gasteiger charge is -2.22. The van der Waals surface area contributed by atoms with Crippen LogP contribution in [-0.4, -0.2) is 23.0 Å². The maximum absolute atomic E-state index is 12.7. The van der Waals surface area contributed by atoms with Gasteiger partial charge in [-0.25, -0.2) is 0 Å². The van der Waals surface area contributed by atoms with Gasteiger partial charge in [0.05, 0.1) is 0 Å². The number of benzene rings is 1. The molecule has 3 aliphatic rings. The number of nitrogens with two attached hydrogens (primary N) is 1. The predicted molar refractivity (Wildman–Crippen MR) is 88.8 cm³/mol. The molecule has 5 nitrogen and oxygen atoms in total. The van der Waals surface area contributed by atoms with Crippen molar-refractivity contribution in [1.29, 1.82) is 0 Å². The third-order valence-corrected chi connectivity index (χ3v) is 6.07. The SMILES string of the molecule is NC(=O)C(Cc1cccc(O)c1)NC(=O)C1CC2C=CC1C21CC1. The summed E-state index contributed by atoms with van der Waals surface area (Å²) in [6.07, 6.45) is 8.05. The number of aromatic hydroxyl groups is 1. The minimum absolute atomic E-state index is 0.0477. The average Bonchev–Trinajstić information content (AvgIpc) is 3.20. The lowest BCUT2D eigenvalue weighted by atomic mass is 9.88. The van der Waals surface area contributed by atoms with Crippen molar-refractivity contribution in [3.63, 3.8) is 0 Å². The summed E-state index contributed by atoms with van der Waals surface area (Å²) in [5.41, 5.74) is 6.59. The maximum Gasteiger partial charge on any atom is 0.240 e. The summed E-state index contributed by atoms with van der Waals surface area (Å²) in [6, 6.07) is 5.92. The molecule has 24 heavy (non-hydrogen) atoms.